The number of unbranched alkanes of at least 4 members (excludes halogenated alkanes) is 9. The normalized spacial score (nSPS) is 11.8. The van der Waals surface area contributed by atoms with Crippen LogP contribution >= 0.6 is 0 Å². The van der Waals surface area contributed by atoms with E-state index in [1.54, 1.807) is 0 Å². The van der Waals surface area contributed by atoms with Gasteiger partial charge in [0.25, 0.3) is 0 Å². The van der Waals surface area contributed by atoms with Crippen LogP contribution in [-0.4, -0.2) is 4.98 Å². The number of pyridine rings is 1. The van der Waals surface area contributed by atoms with Crippen molar-refractivity contribution in [3.63, 3.8) is 0 Å². The fraction of sp³-hybridized carbons (Fsp3) is 0.364. The SMILES string of the molecule is CCCCCCCCCCCCc1c(-c2cccnc2)cc2ccc3cccc4ccc1c2c34. The van der Waals surface area contributed by atoms with Gasteiger partial charge in [-0.3, -0.25) is 4.98 Å². The van der Waals surface area contributed by atoms with Gasteiger partial charge in [-0.05, 0) is 68.4 Å². The first-order valence-corrected chi connectivity index (χ1v) is 13.5. The summed E-state index contributed by atoms with van der Waals surface area (Å²) in [5.74, 6) is 0. The molecule has 4 aromatic carbocycles. The summed E-state index contributed by atoms with van der Waals surface area (Å²) in [6, 6.07) is 22.6. The van der Waals surface area contributed by atoms with E-state index in [1.165, 1.54) is 113 Å². The second-order valence-electron chi connectivity index (χ2n) is 9.93. The van der Waals surface area contributed by atoms with Crippen LogP contribution in [0.2, 0.25) is 0 Å². The maximum atomic E-state index is 4.44. The highest BCUT2D eigenvalue weighted by Gasteiger charge is 2.15. The maximum Gasteiger partial charge on any atom is 0.0346 e. The molecule has 0 spiro atoms. The van der Waals surface area contributed by atoms with Crippen molar-refractivity contribution >= 4 is 32.3 Å². The summed E-state index contributed by atoms with van der Waals surface area (Å²) in [6.07, 6.45) is 18.8. The van der Waals surface area contributed by atoms with Gasteiger partial charge in [0.1, 0.15) is 0 Å². The largest absolute Gasteiger partial charge is 0.264 e. The molecule has 5 aromatic rings. The minimum absolute atomic E-state index is 1.13. The van der Waals surface area contributed by atoms with Crippen molar-refractivity contribution in [3.8, 4) is 11.1 Å². The first-order chi connectivity index (χ1) is 16.9. The van der Waals surface area contributed by atoms with E-state index in [0.29, 0.717) is 0 Å². The summed E-state index contributed by atoms with van der Waals surface area (Å²) in [7, 11) is 0. The maximum absolute atomic E-state index is 4.44. The molecule has 0 aliphatic carbocycles. The lowest BCUT2D eigenvalue weighted by molar-refractivity contribution is 0.556. The Balaban J connectivity index is 1.39. The fourth-order valence-corrected chi connectivity index (χ4v) is 5.71. The number of nitrogens with zero attached hydrogens (tertiary/aromatic N) is 1. The Morgan fingerprint density at radius 3 is 2.00 bits per heavy atom. The van der Waals surface area contributed by atoms with Gasteiger partial charge < -0.3 is 0 Å². The van der Waals surface area contributed by atoms with Gasteiger partial charge in [-0.25, -0.2) is 0 Å². The van der Waals surface area contributed by atoms with Gasteiger partial charge in [-0.2, -0.15) is 0 Å². The lowest BCUT2D eigenvalue weighted by Crippen LogP contribution is -1.96. The number of aromatic nitrogens is 1. The van der Waals surface area contributed by atoms with Crippen LogP contribution < -0.4 is 0 Å². The monoisotopic (exact) mass is 447 g/mol. The topological polar surface area (TPSA) is 12.9 Å². The third-order valence-corrected chi connectivity index (χ3v) is 7.51. The van der Waals surface area contributed by atoms with Crippen molar-refractivity contribution in [2.45, 2.75) is 77.6 Å². The molecular weight excluding hydrogens is 410 g/mol. The second kappa shape index (κ2) is 11.0. The Kier molecular flexibility index (Phi) is 7.39. The minimum Gasteiger partial charge on any atom is -0.264 e. The molecule has 5 rings (SSSR count). The Labute approximate surface area is 204 Å². The first-order valence-electron chi connectivity index (χ1n) is 13.5. The second-order valence-corrected chi connectivity index (χ2v) is 9.93. The van der Waals surface area contributed by atoms with Crippen molar-refractivity contribution in [3.05, 3.63) is 78.6 Å². The number of hydrogen-bond donors (Lipinski definition) is 0. The van der Waals surface area contributed by atoms with Gasteiger partial charge in [-0.1, -0.05) is 113 Å². The van der Waals surface area contributed by atoms with E-state index in [2.05, 4.69) is 72.6 Å². The number of aryl methyl sites for hydroxylation is 1. The predicted octanol–water partition coefficient (Wildman–Crippen LogP) is 10.1. The molecule has 0 saturated heterocycles. The molecule has 0 aliphatic heterocycles. The standard InChI is InChI=1S/C33H37N/c1-2-3-4-5-6-7-8-9-10-11-17-29-30-21-20-26-15-12-14-25-18-19-27(33(30)32(25)26)23-31(29)28-16-13-22-34-24-28/h12-16,18-24H,2-11,17H2,1H3. The van der Waals surface area contributed by atoms with Crippen LogP contribution in [0, 0.1) is 0 Å². The molecule has 1 heterocycles. The minimum atomic E-state index is 1.13. The molecule has 0 bridgehead atoms. The number of rotatable bonds is 12. The predicted molar refractivity (Wildman–Crippen MR) is 149 cm³/mol. The summed E-state index contributed by atoms with van der Waals surface area (Å²) in [5, 5.41) is 8.30. The zero-order valence-corrected chi connectivity index (χ0v) is 20.7. The number of hydrogen-bond acceptors (Lipinski definition) is 1. The summed E-state index contributed by atoms with van der Waals surface area (Å²) >= 11 is 0. The highest BCUT2D eigenvalue weighted by Crippen LogP contribution is 2.40. The summed E-state index contributed by atoms with van der Waals surface area (Å²) in [4.78, 5) is 4.44. The average Bonchev–Trinajstić information content (AvgIpc) is 2.89. The molecule has 0 amide bonds. The number of benzene rings is 4. The van der Waals surface area contributed by atoms with Gasteiger partial charge in [0.05, 0.1) is 0 Å². The lowest BCUT2D eigenvalue weighted by Gasteiger charge is -2.18. The van der Waals surface area contributed by atoms with Crippen LogP contribution in [0.25, 0.3) is 43.4 Å². The molecule has 0 aliphatic rings. The van der Waals surface area contributed by atoms with E-state index in [1.807, 2.05) is 12.4 Å². The van der Waals surface area contributed by atoms with Crippen molar-refractivity contribution in [1.29, 1.82) is 0 Å². The summed E-state index contributed by atoms with van der Waals surface area (Å²) in [6.45, 7) is 2.29. The van der Waals surface area contributed by atoms with Crippen molar-refractivity contribution in [1.82, 2.24) is 4.98 Å². The lowest BCUT2D eigenvalue weighted by atomic mass is 9.86. The molecule has 1 aromatic heterocycles. The van der Waals surface area contributed by atoms with E-state index >= 15 is 0 Å². The van der Waals surface area contributed by atoms with Gasteiger partial charge in [-0.15, -0.1) is 0 Å². The molecule has 0 fully saturated rings. The van der Waals surface area contributed by atoms with Gasteiger partial charge in [0.2, 0.25) is 0 Å². The van der Waals surface area contributed by atoms with Crippen molar-refractivity contribution in [2.75, 3.05) is 0 Å². The van der Waals surface area contributed by atoms with Crippen LogP contribution in [0.15, 0.2) is 73.1 Å². The average molecular weight is 448 g/mol. The van der Waals surface area contributed by atoms with E-state index in [9.17, 15) is 0 Å². The smallest absolute Gasteiger partial charge is 0.0346 e. The van der Waals surface area contributed by atoms with Crippen molar-refractivity contribution in [2.24, 2.45) is 0 Å². The quantitative estimate of drug-likeness (QED) is 0.137. The van der Waals surface area contributed by atoms with Crippen molar-refractivity contribution < 1.29 is 0 Å². The fourth-order valence-electron chi connectivity index (χ4n) is 5.71. The zero-order valence-electron chi connectivity index (χ0n) is 20.7. The van der Waals surface area contributed by atoms with Crippen LogP contribution in [0.3, 0.4) is 0 Å². The third kappa shape index (κ3) is 4.80. The highest BCUT2D eigenvalue weighted by atomic mass is 14.6. The summed E-state index contributed by atoms with van der Waals surface area (Å²) < 4.78 is 0. The molecule has 1 nitrogen and oxygen atoms in total. The van der Waals surface area contributed by atoms with Crippen LogP contribution in [0.5, 0.6) is 0 Å². The zero-order chi connectivity index (χ0) is 23.2. The van der Waals surface area contributed by atoms with Gasteiger partial charge in [0, 0.05) is 18.0 Å². The first kappa shape index (κ1) is 22.8. The molecular formula is C33H37N. The van der Waals surface area contributed by atoms with E-state index < -0.39 is 0 Å². The van der Waals surface area contributed by atoms with Crippen LogP contribution in [-0.2, 0) is 6.42 Å². The highest BCUT2D eigenvalue weighted by molar-refractivity contribution is 6.24. The molecule has 1 heteroatoms. The van der Waals surface area contributed by atoms with Gasteiger partial charge >= 0.3 is 0 Å². The molecule has 174 valence electrons. The molecule has 0 unspecified atom stereocenters. The summed E-state index contributed by atoms with van der Waals surface area (Å²) in [5.41, 5.74) is 4.09. The Hall–Kier alpha value is -2.93. The molecule has 0 N–H and O–H groups in total. The van der Waals surface area contributed by atoms with Crippen LogP contribution in [0.1, 0.15) is 76.7 Å². The van der Waals surface area contributed by atoms with E-state index in [-0.39, 0.29) is 0 Å². The molecule has 0 atom stereocenters. The molecule has 0 radical (unpaired) electrons. The molecule has 0 saturated carbocycles. The van der Waals surface area contributed by atoms with E-state index in [4.69, 9.17) is 0 Å². The Bertz CT molecular complexity index is 1320. The Morgan fingerprint density at radius 1 is 0.618 bits per heavy atom. The van der Waals surface area contributed by atoms with Gasteiger partial charge in [0.15, 0.2) is 0 Å². The van der Waals surface area contributed by atoms with Crippen LogP contribution in [0.4, 0.5) is 0 Å². The Morgan fingerprint density at radius 2 is 1.29 bits per heavy atom. The van der Waals surface area contributed by atoms with E-state index in [0.717, 1.165) is 6.42 Å². The third-order valence-electron chi connectivity index (χ3n) is 7.51. The molecule has 34 heavy (non-hydrogen) atoms.